The molecule has 0 aromatic carbocycles. The molecule has 1 aliphatic rings. The Morgan fingerprint density at radius 3 is 1.90 bits per heavy atom. The number of hydrogen-bond acceptors (Lipinski definition) is 2. The first-order chi connectivity index (χ1) is 4.81. The highest BCUT2D eigenvalue weighted by Crippen LogP contribution is 1.91. The lowest BCUT2D eigenvalue weighted by atomic mass is 10.1. The zero-order chi connectivity index (χ0) is 7.82. The van der Waals surface area contributed by atoms with Crippen molar-refractivity contribution >= 4 is 5.78 Å². The number of carbonyl (C=O) groups excluding carboxylic acids is 1. The van der Waals surface area contributed by atoms with E-state index in [1.54, 1.807) is 0 Å². The SMILES string of the molecule is CCC.O=C1CCNCC1. The lowest BCUT2D eigenvalue weighted by Crippen LogP contribution is -2.27. The van der Waals surface area contributed by atoms with Gasteiger partial charge in [-0.05, 0) is 0 Å². The number of ketones is 1. The Morgan fingerprint density at radius 1 is 1.30 bits per heavy atom. The molecule has 1 fully saturated rings. The molecule has 0 atom stereocenters. The monoisotopic (exact) mass is 143 g/mol. The van der Waals surface area contributed by atoms with Gasteiger partial charge >= 0.3 is 0 Å². The highest BCUT2D eigenvalue weighted by molar-refractivity contribution is 5.79. The van der Waals surface area contributed by atoms with Crippen molar-refractivity contribution in [3.63, 3.8) is 0 Å². The van der Waals surface area contributed by atoms with Gasteiger partial charge in [0.25, 0.3) is 0 Å². The fourth-order valence-corrected chi connectivity index (χ4v) is 0.706. The van der Waals surface area contributed by atoms with E-state index in [1.165, 1.54) is 6.42 Å². The average molecular weight is 143 g/mol. The van der Waals surface area contributed by atoms with Crippen LogP contribution in [0.15, 0.2) is 0 Å². The van der Waals surface area contributed by atoms with Crippen LogP contribution < -0.4 is 5.32 Å². The zero-order valence-electron chi connectivity index (χ0n) is 6.94. The maximum absolute atomic E-state index is 10.4. The molecule has 0 unspecified atom stereocenters. The molecule has 10 heavy (non-hydrogen) atoms. The first kappa shape index (κ1) is 9.63. The molecule has 1 heterocycles. The molecule has 0 bridgehead atoms. The minimum absolute atomic E-state index is 0.402. The maximum atomic E-state index is 10.4. The van der Waals surface area contributed by atoms with Gasteiger partial charge in [0.1, 0.15) is 5.78 Å². The number of Topliss-reactive ketones (excluding diaryl/α,β-unsaturated/α-hetero) is 1. The lowest BCUT2D eigenvalue weighted by molar-refractivity contribution is -0.119. The minimum Gasteiger partial charge on any atom is -0.316 e. The standard InChI is InChI=1S/C5H9NO.C3H8/c7-5-1-3-6-4-2-5;1-3-2/h6H,1-4H2;3H2,1-2H3. The van der Waals surface area contributed by atoms with Crippen LogP contribution in [0, 0.1) is 0 Å². The van der Waals surface area contributed by atoms with Crippen molar-refractivity contribution in [2.24, 2.45) is 0 Å². The van der Waals surface area contributed by atoms with Gasteiger partial charge in [0.2, 0.25) is 0 Å². The van der Waals surface area contributed by atoms with E-state index in [9.17, 15) is 4.79 Å². The highest BCUT2D eigenvalue weighted by atomic mass is 16.1. The van der Waals surface area contributed by atoms with Gasteiger partial charge in [-0.3, -0.25) is 4.79 Å². The highest BCUT2D eigenvalue weighted by Gasteiger charge is 2.04. The van der Waals surface area contributed by atoms with Gasteiger partial charge in [-0.2, -0.15) is 0 Å². The molecular weight excluding hydrogens is 126 g/mol. The summed E-state index contributed by atoms with van der Waals surface area (Å²) in [4.78, 5) is 10.4. The number of rotatable bonds is 0. The molecule has 60 valence electrons. The molecule has 1 aliphatic heterocycles. The summed E-state index contributed by atoms with van der Waals surface area (Å²) in [7, 11) is 0. The Kier molecular flexibility index (Phi) is 6.50. The summed E-state index contributed by atoms with van der Waals surface area (Å²) in [5, 5.41) is 3.09. The van der Waals surface area contributed by atoms with Crippen LogP contribution in [0.25, 0.3) is 0 Å². The van der Waals surface area contributed by atoms with Gasteiger partial charge in [-0.25, -0.2) is 0 Å². The van der Waals surface area contributed by atoms with Crippen molar-refractivity contribution in [3.05, 3.63) is 0 Å². The van der Waals surface area contributed by atoms with Crippen LogP contribution in [0.4, 0.5) is 0 Å². The fourth-order valence-electron chi connectivity index (χ4n) is 0.706. The van der Waals surface area contributed by atoms with Crippen molar-refractivity contribution in [2.45, 2.75) is 33.1 Å². The quantitative estimate of drug-likeness (QED) is 0.554. The average Bonchev–Trinajstić information content (AvgIpc) is 1.91. The van der Waals surface area contributed by atoms with Crippen molar-refractivity contribution in [1.82, 2.24) is 5.32 Å². The van der Waals surface area contributed by atoms with Crippen molar-refractivity contribution in [3.8, 4) is 0 Å². The summed E-state index contributed by atoms with van der Waals surface area (Å²) in [6.45, 7) is 6.03. The predicted molar refractivity (Wildman–Crippen MR) is 43.1 cm³/mol. The summed E-state index contributed by atoms with van der Waals surface area (Å²) in [6, 6.07) is 0. The topological polar surface area (TPSA) is 29.1 Å². The molecule has 0 saturated carbocycles. The largest absolute Gasteiger partial charge is 0.316 e. The van der Waals surface area contributed by atoms with Gasteiger partial charge in [-0.1, -0.05) is 20.3 Å². The third kappa shape index (κ3) is 5.76. The Balaban J connectivity index is 0.000000236. The number of hydrogen-bond donors (Lipinski definition) is 1. The Hall–Kier alpha value is -0.370. The fraction of sp³-hybridized carbons (Fsp3) is 0.875. The lowest BCUT2D eigenvalue weighted by Gasteiger charge is -2.08. The van der Waals surface area contributed by atoms with Gasteiger partial charge < -0.3 is 5.32 Å². The van der Waals surface area contributed by atoms with E-state index in [-0.39, 0.29) is 0 Å². The van der Waals surface area contributed by atoms with Crippen LogP contribution in [0.2, 0.25) is 0 Å². The van der Waals surface area contributed by atoms with E-state index in [1.807, 2.05) is 0 Å². The first-order valence-corrected chi connectivity index (χ1v) is 4.03. The van der Waals surface area contributed by atoms with Crippen LogP contribution >= 0.6 is 0 Å². The molecule has 0 aromatic heterocycles. The molecule has 2 nitrogen and oxygen atoms in total. The summed E-state index contributed by atoms with van der Waals surface area (Å²) in [5.74, 6) is 0.402. The molecular formula is C8H17NO. The third-order valence-corrected chi connectivity index (χ3v) is 1.16. The van der Waals surface area contributed by atoms with E-state index in [0.29, 0.717) is 5.78 Å². The summed E-state index contributed by atoms with van der Waals surface area (Å²) < 4.78 is 0. The van der Waals surface area contributed by atoms with Crippen LogP contribution in [-0.4, -0.2) is 18.9 Å². The van der Waals surface area contributed by atoms with E-state index in [4.69, 9.17) is 0 Å². The molecule has 1 N–H and O–H groups in total. The maximum Gasteiger partial charge on any atom is 0.135 e. The second-order valence-electron chi connectivity index (χ2n) is 2.50. The van der Waals surface area contributed by atoms with Gasteiger partial charge in [0.05, 0.1) is 0 Å². The molecule has 1 rings (SSSR count). The van der Waals surface area contributed by atoms with E-state index >= 15 is 0 Å². The van der Waals surface area contributed by atoms with E-state index < -0.39 is 0 Å². The van der Waals surface area contributed by atoms with E-state index in [0.717, 1.165) is 25.9 Å². The minimum atomic E-state index is 0.402. The number of nitrogens with one attached hydrogen (secondary N) is 1. The molecule has 1 saturated heterocycles. The van der Waals surface area contributed by atoms with Crippen molar-refractivity contribution in [1.29, 1.82) is 0 Å². The van der Waals surface area contributed by atoms with Crippen LogP contribution in [0.3, 0.4) is 0 Å². The van der Waals surface area contributed by atoms with Crippen LogP contribution in [0.1, 0.15) is 33.1 Å². The van der Waals surface area contributed by atoms with Gasteiger partial charge in [-0.15, -0.1) is 0 Å². The second-order valence-corrected chi connectivity index (χ2v) is 2.50. The third-order valence-electron chi connectivity index (χ3n) is 1.16. The Bertz CT molecular complexity index is 83.3. The van der Waals surface area contributed by atoms with Gasteiger partial charge in [0, 0.05) is 25.9 Å². The molecule has 0 spiro atoms. The Morgan fingerprint density at radius 2 is 1.70 bits per heavy atom. The van der Waals surface area contributed by atoms with Gasteiger partial charge in [0.15, 0.2) is 0 Å². The Labute approximate surface area is 63.0 Å². The van der Waals surface area contributed by atoms with Crippen molar-refractivity contribution in [2.75, 3.05) is 13.1 Å². The normalized spacial score (nSPS) is 17.6. The molecule has 0 radical (unpaired) electrons. The van der Waals surface area contributed by atoms with Crippen LogP contribution in [0.5, 0.6) is 0 Å². The van der Waals surface area contributed by atoms with Crippen LogP contribution in [-0.2, 0) is 4.79 Å². The first-order valence-electron chi connectivity index (χ1n) is 4.03. The predicted octanol–water partition coefficient (Wildman–Crippen LogP) is 1.36. The summed E-state index contributed by atoms with van der Waals surface area (Å²) in [5.41, 5.74) is 0. The van der Waals surface area contributed by atoms with E-state index in [2.05, 4.69) is 19.2 Å². The summed E-state index contributed by atoms with van der Waals surface area (Å²) in [6.07, 6.45) is 2.72. The summed E-state index contributed by atoms with van der Waals surface area (Å²) >= 11 is 0. The molecule has 2 heteroatoms. The van der Waals surface area contributed by atoms with Crippen molar-refractivity contribution < 1.29 is 4.79 Å². The smallest absolute Gasteiger partial charge is 0.135 e. The number of carbonyl (C=O) groups is 1. The molecule has 0 amide bonds. The molecule has 0 aliphatic carbocycles. The molecule has 0 aromatic rings. The zero-order valence-corrected chi connectivity index (χ0v) is 6.94. The second kappa shape index (κ2) is 6.75. The number of piperidine rings is 1.